The van der Waals surface area contributed by atoms with Gasteiger partial charge in [-0.3, -0.25) is 0 Å². The molecule has 16 heavy (non-hydrogen) atoms. The number of nitrogens with one attached hydrogen (secondary N) is 1. The summed E-state index contributed by atoms with van der Waals surface area (Å²) in [4.78, 5) is 1.36. The predicted molar refractivity (Wildman–Crippen MR) is 74.1 cm³/mol. The van der Waals surface area contributed by atoms with Crippen LogP contribution in [0.3, 0.4) is 0 Å². The summed E-state index contributed by atoms with van der Waals surface area (Å²) in [5.41, 5.74) is 0. The average molecular weight is 306 g/mol. The topological polar surface area (TPSA) is 21.3 Å². The molecule has 1 atom stereocenters. The number of halogens is 1. The minimum Gasteiger partial charge on any atom is -0.380 e. The van der Waals surface area contributed by atoms with Crippen LogP contribution in [-0.4, -0.2) is 19.8 Å². The fraction of sp³-hybridized carbons (Fsp3) is 0.667. The second-order valence-electron chi connectivity index (χ2n) is 4.31. The molecule has 0 bridgehead atoms. The summed E-state index contributed by atoms with van der Waals surface area (Å²) in [6, 6.07) is 2.57. The highest BCUT2D eigenvalue weighted by atomic mass is 79.9. The highest BCUT2D eigenvalue weighted by Gasteiger charge is 2.06. The van der Waals surface area contributed by atoms with Crippen molar-refractivity contribution < 1.29 is 4.74 Å². The first-order valence-corrected chi connectivity index (χ1v) is 7.32. The van der Waals surface area contributed by atoms with Gasteiger partial charge in [-0.05, 0) is 34.8 Å². The maximum absolute atomic E-state index is 5.52. The van der Waals surface area contributed by atoms with Gasteiger partial charge in [0.15, 0.2) is 0 Å². The highest BCUT2D eigenvalue weighted by Crippen LogP contribution is 2.24. The molecule has 0 aromatic carbocycles. The van der Waals surface area contributed by atoms with Gasteiger partial charge in [0, 0.05) is 33.9 Å². The van der Waals surface area contributed by atoms with Crippen LogP contribution in [0, 0.1) is 5.92 Å². The van der Waals surface area contributed by atoms with E-state index in [9.17, 15) is 0 Å². The molecule has 0 spiro atoms. The molecule has 0 aliphatic heterocycles. The quantitative estimate of drug-likeness (QED) is 0.773. The molecule has 1 aromatic rings. The molecule has 0 aliphatic carbocycles. The van der Waals surface area contributed by atoms with E-state index < -0.39 is 0 Å². The van der Waals surface area contributed by atoms with Gasteiger partial charge in [-0.2, -0.15) is 0 Å². The molecular weight excluding hydrogens is 286 g/mol. The molecule has 2 nitrogen and oxygen atoms in total. The van der Waals surface area contributed by atoms with Crippen molar-refractivity contribution >= 4 is 27.3 Å². The van der Waals surface area contributed by atoms with Crippen LogP contribution in [0.25, 0.3) is 0 Å². The Labute approximate surface area is 111 Å². The van der Waals surface area contributed by atoms with E-state index in [1.165, 1.54) is 4.88 Å². The molecule has 0 amide bonds. The lowest BCUT2D eigenvalue weighted by Crippen LogP contribution is -2.23. The van der Waals surface area contributed by atoms with Gasteiger partial charge < -0.3 is 10.1 Å². The summed E-state index contributed by atoms with van der Waals surface area (Å²) in [6.45, 7) is 9.05. The van der Waals surface area contributed by atoms with E-state index in [1.807, 2.05) is 0 Å². The monoisotopic (exact) mass is 305 g/mol. The summed E-state index contributed by atoms with van der Waals surface area (Å²) < 4.78 is 6.68. The molecule has 1 unspecified atom stereocenters. The van der Waals surface area contributed by atoms with Crippen LogP contribution >= 0.6 is 27.3 Å². The molecule has 92 valence electrons. The Hall–Kier alpha value is 0.1000. The number of hydrogen-bond donors (Lipinski definition) is 1. The SMILES string of the molecule is CC(C)COCCNC(C)c1cc(Br)cs1. The lowest BCUT2D eigenvalue weighted by molar-refractivity contribution is 0.110. The smallest absolute Gasteiger partial charge is 0.0591 e. The number of ether oxygens (including phenoxy) is 1. The van der Waals surface area contributed by atoms with Crippen LogP contribution < -0.4 is 5.32 Å². The summed E-state index contributed by atoms with van der Waals surface area (Å²) in [5, 5.41) is 5.56. The second-order valence-corrected chi connectivity index (χ2v) is 6.17. The number of hydrogen-bond acceptors (Lipinski definition) is 3. The third kappa shape index (κ3) is 5.43. The van der Waals surface area contributed by atoms with Gasteiger partial charge in [-0.25, -0.2) is 0 Å². The van der Waals surface area contributed by atoms with Gasteiger partial charge in [-0.15, -0.1) is 11.3 Å². The van der Waals surface area contributed by atoms with Crippen LogP contribution in [0.5, 0.6) is 0 Å². The van der Waals surface area contributed by atoms with Crippen LogP contribution in [0.1, 0.15) is 31.7 Å². The predicted octanol–water partition coefficient (Wildman–Crippen LogP) is 3.83. The van der Waals surface area contributed by atoms with E-state index in [1.54, 1.807) is 11.3 Å². The maximum Gasteiger partial charge on any atom is 0.0591 e. The summed E-state index contributed by atoms with van der Waals surface area (Å²) >= 11 is 5.24. The van der Waals surface area contributed by atoms with Crippen molar-refractivity contribution in [1.82, 2.24) is 5.32 Å². The van der Waals surface area contributed by atoms with E-state index in [0.29, 0.717) is 12.0 Å². The van der Waals surface area contributed by atoms with Crippen molar-refractivity contribution in [3.63, 3.8) is 0 Å². The molecule has 0 saturated carbocycles. The first-order chi connectivity index (χ1) is 7.59. The Morgan fingerprint density at radius 3 is 2.75 bits per heavy atom. The van der Waals surface area contributed by atoms with E-state index in [4.69, 9.17) is 4.74 Å². The molecule has 1 aromatic heterocycles. The molecule has 0 radical (unpaired) electrons. The standard InChI is InChI=1S/C12H20BrNOS/c1-9(2)7-15-5-4-14-10(3)12-6-11(13)8-16-12/h6,8-10,14H,4-5,7H2,1-3H3. The third-order valence-electron chi connectivity index (χ3n) is 2.16. The molecule has 0 aliphatic rings. The van der Waals surface area contributed by atoms with Gasteiger partial charge in [0.05, 0.1) is 6.61 Å². The molecule has 0 saturated heterocycles. The van der Waals surface area contributed by atoms with Gasteiger partial charge >= 0.3 is 0 Å². The molecule has 1 heterocycles. The summed E-state index contributed by atoms with van der Waals surface area (Å²) in [6.07, 6.45) is 0. The van der Waals surface area contributed by atoms with E-state index in [-0.39, 0.29) is 0 Å². The zero-order chi connectivity index (χ0) is 12.0. The first-order valence-electron chi connectivity index (χ1n) is 5.64. The Morgan fingerprint density at radius 1 is 1.44 bits per heavy atom. The van der Waals surface area contributed by atoms with E-state index in [2.05, 4.69) is 53.5 Å². The number of thiophene rings is 1. The van der Waals surface area contributed by atoms with Gasteiger partial charge in [0.25, 0.3) is 0 Å². The summed E-state index contributed by atoms with van der Waals surface area (Å²) in [5.74, 6) is 0.616. The molecule has 1 N–H and O–H groups in total. The Balaban J connectivity index is 2.13. The lowest BCUT2D eigenvalue weighted by Gasteiger charge is -2.12. The fourth-order valence-corrected chi connectivity index (χ4v) is 2.80. The molecular formula is C12H20BrNOS. The Bertz CT molecular complexity index is 301. The second kappa shape index (κ2) is 7.43. The van der Waals surface area contributed by atoms with Gasteiger partial charge in [-0.1, -0.05) is 13.8 Å². The van der Waals surface area contributed by atoms with Crippen LogP contribution in [-0.2, 0) is 4.74 Å². The van der Waals surface area contributed by atoms with Crippen LogP contribution in [0.2, 0.25) is 0 Å². The third-order valence-corrected chi connectivity index (χ3v) is 4.04. The molecule has 0 fully saturated rings. The minimum atomic E-state index is 0.402. The number of rotatable bonds is 7. The largest absolute Gasteiger partial charge is 0.380 e. The lowest BCUT2D eigenvalue weighted by atomic mass is 10.2. The van der Waals surface area contributed by atoms with Crippen LogP contribution in [0.4, 0.5) is 0 Å². The van der Waals surface area contributed by atoms with Gasteiger partial charge in [0.2, 0.25) is 0 Å². The Kier molecular flexibility index (Phi) is 6.58. The zero-order valence-corrected chi connectivity index (χ0v) is 12.5. The van der Waals surface area contributed by atoms with E-state index in [0.717, 1.165) is 24.2 Å². The zero-order valence-electron chi connectivity index (χ0n) is 10.1. The van der Waals surface area contributed by atoms with Crippen molar-refractivity contribution in [3.05, 3.63) is 20.8 Å². The maximum atomic E-state index is 5.52. The molecule has 4 heteroatoms. The van der Waals surface area contributed by atoms with Gasteiger partial charge in [0.1, 0.15) is 0 Å². The fourth-order valence-electron chi connectivity index (χ4n) is 1.32. The average Bonchev–Trinajstić information content (AvgIpc) is 2.63. The normalized spacial score (nSPS) is 13.3. The van der Waals surface area contributed by atoms with Crippen molar-refractivity contribution in [2.45, 2.75) is 26.8 Å². The first kappa shape index (κ1) is 14.2. The van der Waals surface area contributed by atoms with E-state index >= 15 is 0 Å². The summed E-state index contributed by atoms with van der Waals surface area (Å²) in [7, 11) is 0. The van der Waals surface area contributed by atoms with Crippen molar-refractivity contribution in [2.75, 3.05) is 19.8 Å². The van der Waals surface area contributed by atoms with Crippen LogP contribution in [0.15, 0.2) is 15.9 Å². The van der Waals surface area contributed by atoms with Crippen molar-refractivity contribution in [3.8, 4) is 0 Å². The minimum absolute atomic E-state index is 0.402. The molecule has 1 rings (SSSR count). The highest BCUT2D eigenvalue weighted by molar-refractivity contribution is 9.10. The Morgan fingerprint density at radius 2 is 2.19 bits per heavy atom. The van der Waals surface area contributed by atoms with Crippen molar-refractivity contribution in [1.29, 1.82) is 0 Å². The van der Waals surface area contributed by atoms with Crippen molar-refractivity contribution in [2.24, 2.45) is 5.92 Å².